The predicted octanol–water partition coefficient (Wildman–Crippen LogP) is 2.45. The summed E-state index contributed by atoms with van der Waals surface area (Å²) in [5.74, 6) is 0.556. The Morgan fingerprint density at radius 2 is 1.95 bits per heavy atom. The molecule has 2 atom stereocenters. The van der Waals surface area contributed by atoms with Gasteiger partial charge in [0.2, 0.25) is 0 Å². The second kappa shape index (κ2) is 4.96. The zero-order valence-electron chi connectivity index (χ0n) is 11.5. The Hall–Kier alpha value is -1.78. The number of furan rings is 1. The van der Waals surface area contributed by atoms with Crippen molar-refractivity contribution in [3.05, 3.63) is 23.7 Å². The number of rotatable bonds is 3. The molecule has 3 heterocycles. The van der Waals surface area contributed by atoms with Crippen LogP contribution in [0.25, 0.3) is 0 Å². The quantitative estimate of drug-likeness (QED) is 0.921. The molecule has 3 rings (SSSR count). The molecule has 5 nitrogen and oxygen atoms in total. The molecule has 108 valence electrons. The van der Waals surface area contributed by atoms with Gasteiger partial charge >= 0.3 is 5.97 Å². The number of carboxylic acids is 1. The lowest BCUT2D eigenvalue weighted by Crippen LogP contribution is -2.46. The molecule has 5 heteroatoms. The number of hydrogen-bond acceptors (Lipinski definition) is 3. The summed E-state index contributed by atoms with van der Waals surface area (Å²) in [5, 5.41) is 8.92. The van der Waals surface area contributed by atoms with Gasteiger partial charge in [-0.05, 0) is 50.7 Å². The first-order chi connectivity index (χ1) is 9.54. The van der Waals surface area contributed by atoms with Gasteiger partial charge in [-0.2, -0.15) is 0 Å². The Bertz CT molecular complexity index is 522. The summed E-state index contributed by atoms with van der Waals surface area (Å²) in [5.41, 5.74) is 0. The highest BCUT2D eigenvalue weighted by Gasteiger charge is 2.44. The molecular weight excluding hydrogens is 258 g/mol. The minimum absolute atomic E-state index is 0.0422. The van der Waals surface area contributed by atoms with Crippen molar-refractivity contribution in [3.63, 3.8) is 0 Å². The molecule has 20 heavy (non-hydrogen) atoms. The van der Waals surface area contributed by atoms with Crippen LogP contribution in [0.1, 0.15) is 48.4 Å². The maximum absolute atomic E-state index is 12.5. The highest BCUT2D eigenvalue weighted by atomic mass is 16.4. The minimum Gasteiger partial charge on any atom is -0.481 e. The van der Waals surface area contributed by atoms with E-state index in [1.165, 1.54) is 0 Å². The Balaban J connectivity index is 1.74. The lowest BCUT2D eigenvalue weighted by atomic mass is 9.88. The van der Waals surface area contributed by atoms with Gasteiger partial charge in [-0.25, -0.2) is 0 Å². The summed E-state index contributed by atoms with van der Waals surface area (Å²) in [6.45, 7) is 1.82. The van der Waals surface area contributed by atoms with Gasteiger partial charge in [-0.15, -0.1) is 0 Å². The van der Waals surface area contributed by atoms with Crippen LogP contribution in [-0.2, 0) is 4.79 Å². The topological polar surface area (TPSA) is 70.8 Å². The fraction of sp³-hybridized carbons (Fsp3) is 0.600. The fourth-order valence-electron chi connectivity index (χ4n) is 3.71. The minimum atomic E-state index is -0.740. The van der Waals surface area contributed by atoms with Gasteiger partial charge in [-0.1, -0.05) is 0 Å². The van der Waals surface area contributed by atoms with E-state index in [0.29, 0.717) is 5.76 Å². The smallest absolute Gasteiger partial charge is 0.303 e. The van der Waals surface area contributed by atoms with Crippen LogP contribution in [0.2, 0.25) is 0 Å². The van der Waals surface area contributed by atoms with Crippen molar-refractivity contribution >= 4 is 11.9 Å². The van der Waals surface area contributed by atoms with Crippen LogP contribution in [-0.4, -0.2) is 34.0 Å². The number of nitrogens with zero attached hydrogens (tertiary/aromatic N) is 1. The van der Waals surface area contributed by atoms with E-state index in [9.17, 15) is 9.59 Å². The van der Waals surface area contributed by atoms with Crippen LogP contribution in [0.5, 0.6) is 0 Å². The number of carboxylic acid groups (broad SMARTS) is 1. The van der Waals surface area contributed by atoms with E-state index in [0.717, 1.165) is 31.4 Å². The Kier molecular flexibility index (Phi) is 3.28. The first-order valence-electron chi connectivity index (χ1n) is 7.15. The third-order valence-electron chi connectivity index (χ3n) is 4.48. The highest BCUT2D eigenvalue weighted by Crippen LogP contribution is 2.40. The largest absolute Gasteiger partial charge is 0.481 e. The van der Waals surface area contributed by atoms with Crippen molar-refractivity contribution in [1.29, 1.82) is 0 Å². The van der Waals surface area contributed by atoms with Crippen LogP contribution >= 0.6 is 0 Å². The number of aryl methyl sites for hydroxylation is 1. The van der Waals surface area contributed by atoms with E-state index >= 15 is 0 Å². The predicted molar refractivity (Wildman–Crippen MR) is 71.4 cm³/mol. The van der Waals surface area contributed by atoms with Gasteiger partial charge in [0.1, 0.15) is 5.76 Å². The van der Waals surface area contributed by atoms with E-state index in [4.69, 9.17) is 9.52 Å². The summed E-state index contributed by atoms with van der Waals surface area (Å²) in [4.78, 5) is 25.3. The average molecular weight is 277 g/mol. The summed E-state index contributed by atoms with van der Waals surface area (Å²) in [6, 6.07) is 3.87. The van der Waals surface area contributed by atoms with E-state index in [1.807, 2.05) is 11.8 Å². The Morgan fingerprint density at radius 3 is 2.45 bits per heavy atom. The molecule has 0 spiro atoms. The first-order valence-corrected chi connectivity index (χ1v) is 7.15. The molecule has 2 fully saturated rings. The molecule has 2 bridgehead atoms. The van der Waals surface area contributed by atoms with Crippen LogP contribution in [0.4, 0.5) is 0 Å². The van der Waals surface area contributed by atoms with Crippen molar-refractivity contribution in [2.45, 2.75) is 51.1 Å². The van der Waals surface area contributed by atoms with Crippen molar-refractivity contribution in [3.8, 4) is 0 Å². The lowest BCUT2D eigenvalue weighted by Gasteiger charge is -2.38. The number of hydrogen-bond donors (Lipinski definition) is 1. The zero-order valence-corrected chi connectivity index (χ0v) is 11.5. The number of fused-ring (bicyclic) bond motifs is 2. The van der Waals surface area contributed by atoms with Gasteiger partial charge < -0.3 is 14.4 Å². The van der Waals surface area contributed by atoms with Gasteiger partial charge in [0, 0.05) is 18.5 Å². The van der Waals surface area contributed by atoms with Gasteiger partial charge in [0.15, 0.2) is 5.76 Å². The molecule has 1 N–H and O–H groups in total. The summed E-state index contributed by atoms with van der Waals surface area (Å²) in [6.07, 6.45) is 3.77. The second-order valence-corrected chi connectivity index (χ2v) is 5.94. The third-order valence-corrected chi connectivity index (χ3v) is 4.48. The maximum atomic E-state index is 12.5. The normalized spacial score (nSPS) is 28.6. The molecule has 2 saturated heterocycles. The third kappa shape index (κ3) is 2.32. The Labute approximate surface area is 117 Å². The van der Waals surface area contributed by atoms with Gasteiger partial charge in [0.25, 0.3) is 5.91 Å². The number of aliphatic carboxylic acids is 1. The van der Waals surface area contributed by atoms with Crippen molar-refractivity contribution in [2.75, 3.05) is 0 Å². The van der Waals surface area contributed by atoms with E-state index < -0.39 is 5.97 Å². The molecule has 1 aromatic heterocycles. The molecule has 0 saturated carbocycles. The molecule has 0 aromatic carbocycles. The fourth-order valence-corrected chi connectivity index (χ4v) is 3.71. The second-order valence-electron chi connectivity index (χ2n) is 5.94. The van der Waals surface area contributed by atoms with E-state index in [-0.39, 0.29) is 30.3 Å². The van der Waals surface area contributed by atoms with Crippen LogP contribution in [0, 0.1) is 12.8 Å². The zero-order chi connectivity index (χ0) is 14.3. The van der Waals surface area contributed by atoms with E-state index in [1.54, 1.807) is 12.1 Å². The Morgan fingerprint density at radius 1 is 1.30 bits per heavy atom. The van der Waals surface area contributed by atoms with Gasteiger partial charge in [0.05, 0.1) is 0 Å². The average Bonchev–Trinajstić information content (AvgIpc) is 2.91. The van der Waals surface area contributed by atoms with Crippen molar-refractivity contribution in [2.24, 2.45) is 5.92 Å². The molecule has 2 aliphatic rings. The molecule has 1 amide bonds. The maximum Gasteiger partial charge on any atom is 0.303 e. The first kappa shape index (κ1) is 13.2. The summed E-state index contributed by atoms with van der Waals surface area (Å²) in [7, 11) is 0. The molecule has 1 aromatic rings. The van der Waals surface area contributed by atoms with Gasteiger partial charge in [-0.3, -0.25) is 9.59 Å². The van der Waals surface area contributed by atoms with Crippen LogP contribution in [0.15, 0.2) is 16.5 Å². The van der Waals surface area contributed by atoms with Crippen molar-refractivity contribution in [1.82, 2.24) is 4.90 Å². The number of amides is 1. The molecular formula is C15H19NO4. The van der Waals surface area contributed by atoms with E-state index in [2.05, 4.69) is 0 Å². The van der Waals surface area contributed by atoms with Crippen molar-refractivity contribution < 1.29 is 19.1 Å². The molecule has 2 aliphatic heterocycles. The summed E-state index contributed by atoms with van der Waals surface area (Å²) < 4.78 is 5.43. The SMILES string of the molecule is Cc1ccc(C(=O)N2C3CCC2CC(CC(=O)O)C3)o1. The summed E-state index contributed by atoms with van der Waals surface area (Å²) >= 11 is 0. The van der Waals surface area contributed by atoms with Crippen LogP contribution < -0.4 is 0 Å². The molecule has 2 unspecified atom stereocenters. The van der Waals surface area contributed by atoms with Crippen LogP contribution in [0.3, 0.4) is 0 Å². The molecule has 0 aliphatic carbocycles. The standard InChI is InChI=1S/C15H19NO4/c1-9-2-5-13(20-9)15(19)16-11-3-4-12(16)7-10(6-11)8-14(17)18/h2,5,10-12H,3-4,6-8H2,1H3,(H,17,18). The number of carbonyl (C=O) groups excluding carboxylic acids is 1. The number of carbonyl (C=O) groups is 2. The highest BCUT2D eigenvalue weighted by molar-refractivity contribution is 5.92. The number of piperidine rings is 1. The molecule has 0 radical (unpaired) electrons. The monoisotopic (exact) mass is 277 g/mol. The lowest BCUT2D eigenvalue weighted by molar-refractivity contribution is -0.138.